The minimum atomic E-state index is -0.988. The minimum Gasteiger partial charge on any atom is -0.411 e. The molecule has 1 saturated carbocycles. The molecule has 0 amide bonds. The molecule has 3 fully saturated rings. The molecule has 0 aromatic heterocycles. The Bertz CT molecular complexity index is 1730. The molecule has 3 aromatic carbocycles. The van der Waals surface area contributed by atoms with Crippen molar-refractivity contribution in [2.75, 3.05) is 18.0 Å². The van der Waals surface area contributed by atoms with Crippen LogP contribution in [0.4, 0.5) is 5.69 Å². The lowest BCUT2D eigenvalue weighted by molar-refractivity contribution is -0.152. The molecule has 3 aliphatic heterocycles. The van der Waals surface area contributed by atoms with Gasteiger partial charge in [-0.05, 0) is 60.2 Å². The second-order valence-electron chi connectivity index (χ2n) is 14.9. The Labute approximate surface area is 284 Å². The number of carbonyl (C=O) groups is 1. The van der Waals surface area contributed by atoms with E-state index in [1.165, 1.54) is 11.1 Å². The Balaban J connectivity index is 1.37. The number of nitrogens with one attached hydrogen (secondary N) is 1. The monoisotopic (exact) mass is 695 g/mol. The molecule has 0 spiro atoms. The number of anilines is 1. The van der Waals surface area contributed by atoms with Crippen LogP contribution in [0, 0.1) is 23.2 Å². The molecule has 9 heteroatoms. The molecule has 6 bridgehead atoms. The SMILES string of the molecule is CC1(C)CC(=O)C2=C(C1)N(c1ccc(Br)cc1)[C@H]1N(Cc3ccccc3)C[C@H]3[C@@H]2[C@]1(NO)[C@@H]1CCN(Cc2ccccc2)[C@H]3C1=NO. The highest BCUT2D eigenvalue weighted by molar-refractivity contribution is 9.10. The number of rotatable bonds is 6. The van der Waals surface area contributed by atoms with Gasteiger partial charge in [0.2, 0.25) is 0 Å². The molecule has 3 N–H and O–H groups in total. The summed E-state index contributed by atoms with van der Waals surface area (Å²) in [5.74, 6) is -0.481. The molecule has 3 heterocycles. The van der Waals surface area contributed by atoms with Gasteiger partial charge in [-0.2, -0.15) is 5.48 Å². The van der Waals surface area contributed by atoms with Crippen LogP contribution in [0.3, 0.4) is 0 Å². The summed E-state index contributed by atoms with van der Waals surface area (Å²) in [5.41, 5.74) is 7.75. The minimum absolute atomic E-state index is 0.0944. The summed E-state index contributed by atoms with van der Waals surface area (Å²) in [7, 11) is 0. The first kappa shape index (κ1) is 31.0. The van der Waals surface area contributed by atoms with E-state index in [0.29, 0.717) is 31.6 Å². The van der Waals surface area contributed by atoms with Crippen LogP contribution in [0.5, 0.6) is 0 Å². The van der Waals surface area contributed by atoms with E-state index in [2.05, 4.69) is 116 Å². The quantitative estimate of drug-likeness (QED) is 0.202. The molecule has 6 atom stereocenters. The topological polar surface area (TPSA) is 91.6 Å². The molecule has 8 rings (SSSR count). The van der Waals surface area contributed by atoms with Gasteiger partial charge in [-0.25, -0.2) is 0 Å². The van der Waals surface area contributed by atoms with Gasteiger partial charge in [0.1, 0.15) is 6.17 Å². The van der Waals surface area contributed by atoms with E-state index in [4.69, 9.17) is 0 Å². The highest BCUT2D eigenvalue weighted by Crippen LogP contribution is 2.62. The van der Waals surface area contributed by atoms with Crippen LogP contribution in [-0.4, -0.2) is 62.5 Å². The second-order valence-corrected chi connectivity index (χ2v) is 15.8. The molecule has 47 heavy (non-hydrogen) atoms. The Morgan fingerprint density at radius 1 is 0.915 bits per heavy atom. The molecule has 8 nitrogen and oxygen atoms in total. The summed E-state index contributed by atoms with van der Waals surface area (Å²) >= 11 is 3.63. The molecule has 0 radical (unpaired) electrons. The number of hydrogen-bond acceptors (Lipinski definition) is 8. The number of allylic oxidation sites excluding steroid dienone is 1. The van der Waals surface area contributed by atoms with Gasteiger partial charge in [-0.3, -0.25) is 14.6 Å². The van der Waals surface area contributed by atoms with Gasteiger partial charge in [0.15, 0.2) is 5.78 Å². The number of nitrogens with zero attached hydrogens (tertiary/aromatic N) is 4. The average molecular weight is 697 g/mol. The number of oxime groups is 1. The third-order valence-electron chi connectivity index (χ3n) is 11.5. The predicted molar refractivity (Wildman–Crippen MR) is 185 cm³/mol. The molecule has 0 unspecified atom stereocenters. The Morgan fingerprint density at radius 2 is 1.55 bits per heavy atom. The number of carbonyl (C=O) groups excluding carboxylic acids is 1. The van der Waals surface area contributed by atoms with E-state index in [0.717, 1.165) is 40.9 Å². The van der Waals surface area contributed by atoms with Gasteiger partial charge in [0.05, 0.1) is 17.3 Å². The van der Waals surface area contributed by atoms with Crippen LogP contribution in [-0.2, 0) is 17.9 Å². The van der Waals surface area contributed by atoms with Crippen molar-refractivity contribution >= 4 is 33.1 Å². The van der Waals surface area contributed by atoms with Gasteiger partial charge in [-0.15, -0.1) is 0 Å². The standard InChI is InChI=1S/C38H42BrN5O3/c1-37(2)19-30-32(31(45)20-37)33-28-23-43(22-25-11-7-4-8-12-25)36(44(30)27-15-13-26(39)14-16-27)38(33,41-47)29-17-18-42(35(28)34(29)40-46)21-24-9-5-3-6-10-24/h3-16,28-29,33,35-36,41,46-47H,17-23H2,1-2H3/t28-,29+,33-,35+,36+,38+/m0/s1. The average Bonchev–Trinajstić information content (AvgIpc) is 3.06. The van der Waals surface area contributed by atoms with Gasteiger partial charge < -0.3 is 15.3 Å². The van der Waals surface area contributed by atoms with Gasteiger partial charge in [0, 0.05) is 65.2 Å². The number of hydrogen-bond donors (Lipinski definition) is 3. The summed E-state index contributed by atoms with van der Waals surface area (Å²) in [6.07, 6.45) is 1.56. The van der Waals surface area contributed by atoms with Crippen LogP contribution < -0.4 is 10.4 Å². The first-order chi connectivity index (χ1) is 22.8. The van der Waals surface area contributed by atoms with Gasteiger partial charge in [-0.1, -0.05) is 95.6 Å². The van der Waals surface area contributed by atoms with Crippen molar-refractivity contribution in [3.8, 4) is 0 Å². The van der Waals surface area contributed by atoms with Crippen molar-refractivity contribution < 1.29 is 15.2 Å². The maximum Gasteiger partial charge on any atom is 0.161 e. The zero-order valence-corrected chi connectivity index (χ0v) is 28.5. The van der Waals surface area contributed by atoms with Crippen LogP contribution in [0.2, 0.25) is 0 Å². The molecule has 2 saturated heterocycles. The van der Waals surface area contributed by atoms with Crippen LogP contribution in [0.15, 0.2) is 106 Å². The van der Waals surface area contributed by atoms with Crippen molar-refractivity contribution in [3.63, 3.8) is 0 Å². The molecule has 2 aliphatic carbocycles. The number of halogens is 1. The van der Waals surface area contributed by atoms with E-state index in [9.17, 15) is 15.2 Å². The first-order valence-electron chi connectivity index (χ1n) is 16.8. The summed E-state index contributed by atoms with van der Waals surface area (Å²) in [6, 6.07) is 29.1. The number of fused-ring (bicyclic) bond motifs is 3. The van der Waals surface area contributed by atoms with Crippen molar-refractivity contribution in [3.05, 3.63) is 112 Å². The van der Waals surface area contributed by atoms with Gasteiger partial charge >= 0.3 is 0 Å². The van der Waals surface area contributed by atoms with E-state index in [1.54, 1.807) is 0 Å². The summed E-state index contributed by atoms with van der Waals surface area (Å²) in [5, 5.41) is 26.6. The number of hydroxylamine groups is 1. The zero-order valence-electron chi connectivity index (χ0n) is 26.9. The van der Waals surface area contributed by atoms with Crippen molar-refractivity contribution in [1.82, 2.24) is 15.3 Å². The number of likely N-dealkylation sites (tertiary alicyclic amines) is 2. The van der Waals surface area contributed by atoms with Gasteiger partial charge in [0.25, 0.3) is 0 Å². The number of Topliss-reactive ketones (excluding diaryl/α,β-unsaturated/α-hetero) is 1. The van der Waals surface area contributed by atoms with Crippen molar-refractivity contribution in [2.24, 2.45) is 28.3 Å². The first-order valence-corrected chi connectivity index (χ1v) is 17.5. The maximum atomic E-state index is 14.6. The molecule has 244 valence electrons. The van der Waals surface area contributed by atoms with E-state index in [1.807, 2.05) is 24.3 Å². The second kappa shape index (κ2) is 11.7. The van der Waals surface area contributed by atoms with Crippen molar-refractivity contribution in [1.29, 1.82) is 0 Å². The van der Waals surface area contributed by atoms with E-state index >= 15 is 0 Å². The maximum absolute atomic E-state index is 14.6. The third-order valence-corrected chi connectivity index (χ3v) is 12.0. The zero-order chi connectivity index (χ0) is 32.5. The smallest absolute Gasteiger partial charge is 0.161 e. The summed E-state index contributed by atoms with van der Waals surface area (Å²) < 4.78 is 0.978. The molecular weight excluding hydrogens is 654 g/mol. The molecule has 5 aliphatic rings. The molecule has 3 aromatic rings. The number of benzene rings is 3. The fourth-order valence-electron chi connectivity index (χ4n) is 9.96. The van der Waals surface area contributed by atoms with E-state index in [-0.39, 0.29) is 41.2 Å². The lowest BCUT2D eigenvalue weighted by Crippen LogP contribution is -2.86. The van der Waals surface area contributed by atoms with Crippen LogP contribution in [0.1, 0.15) is 44.2 Å². The van der Waals surface area contributed by atoms with Crippen LogP contribution in [0.25, 0.3) is 0 Å². The third kappa shape index (κ3) is 4.84. The summed E-state index contributed by atoms with van der Waals surface area (Å²) in [4.78, 5) is 21.9. The normalized spacial score (nSPS) is 32.4. The highest BCUT2D eigenvalue weighted by atomic mass is 79.9. The largest absolute Gasteiger partial charge is 0.411 e. The summed E-state index contributed by atoms with van der Waals surface area (Å²) in [6.45, 7) is 7.25. The Morgan fingerprint density at radius 3 is 2.17 bits per heavy atom. The number of ketones is 1. The fraction of sp³-hybridized carbons (Fsp3) is 0.421. The fourth-order valence-corrected chi connectivity index (χ4v) is 10.2. The van der Waals surface area contributed by atoms with E-state index < -0.39 is 5.54 Å². The lowest BCUT2D eigenvalue weighted by atomic mass is 9.48. The Hall–Kier alpha value is -3.34. The Kier molecular flexibility index (Phi) is 7.69. The number of piperidine rings is 2. The van der Waals surface area contributed by atoms with Crippen molar-refractivity contribution in [2.45, 2.75) is 63.9 Å². The predicted octanol–water partition coefficient (Wildman–Crippen LogP) is 6.44. The lowest BCUT2D eigenvalue weighted by Gasteiger charge is -2.71. The van der Waals surface area contributed by atoms with Crippen LogP contribution >= 0.6 is 15.9 Å². The highest BCUT2D eigenvalue weighted by Gasteiger charge is 2.72. The molecular formula is C38H42BrN5O3.